The number of urea groups is 1. The van der Waals surface area contributed by atoms with E-state index in [4.69, 9.17) is 10.2 Å². The molecule has 1 saturated heterocycles. The summed E-state index contributed by atoms with van der Waals surface area (Å²) in [6, 6.07) is 19.1. The number of carbonyl (C=O) groups is 4. The number of carboxylic acid groups (broad SMARTS) is 2. The Morgan fingerprint density at radius 1 is 0.897 bits per heavy atom. The largest absolute Gasteiger partial charge is 0.478 e. The lowest BCUT2D eigenvalue weighted by Crippen LogP contribution is -2.56. The highest BCUT2D eigenvalue weighted by molar-refractivity contribution is 7.80. The molecule has 1 atom stereocenters. The molecule has 3 amide bonds. The highest BCUT2D eigenvalue weighted by Gasteiger charge is 2.28. The topological polar surface area (TPSA) is 139 Å². The van der Waals surface area contributed by atoms with Crippen LogP contribution in [0.3, 0.4) is 0 Å². The summed E-state index contributed by atoms with van der Waals surface area (Å²) in [7, 11) is 0. The van der Waals surface area contributed by atoms with E-state index in [9.17, 15) is 19.2 Å². The molecule has 1 aliphatic heterocycles. The van der Waals surface area contributed by atoms with Gasteiger partial charge in [-0.3, -0.25) is 4.79 Å². The highest BCUT2D eigenvalue weighted by Crippen LogP contribution is 2.09. The second-order valence-electron chi connectivity index (χ2n) is 8.72. The molecule has 4 N–H and O–H groups in total. The second-order valence-corrected chi connectivity index (χ2v) is 9.17. The van der Waals surface area contributed by atoms with Gasteiger partial charge in [0.05, 0.1) is 0 Å². The first kappa shape index (κ1) is 31.4. The van der Waals surface area contributed by atoms with Crippen LogP contribution in [0.4, 0.5) is 4.79 Å². The number of benzene rings is 2. The Hall–Kier alpha value is -3.83. The Morgan fingerprint density at radius 3 is 1.95 bits per heavy atom. The van der Waals surface area contributed by atoms with E-state index in [-0.39, 0.29) is 11.9 Å². The Labute approximate surface area is 234 Å². The lowest BCUT2D eigenvalue weighted by molar-refractivity contribution is -0.134. The molecule has 1 heterocycles. The molecule has 210 valence electrons. The third-order valence-electron chi connectivity index (χ3n) is 5.85. The van der Waals surface area contributed by atoms with E-state index in [1.165, 1.54) is 5.56 Å². The molecule has 11 heteroatoms. The van der Waals surface area contributed by atoms with Crippen molar-refractivity contribution in [2.45, 2.75) is 18.9 Å². The maximum Gasteiger partial charge on any atom is 0.328 e. The van der Waals surface area contributed by atoms with Gasteiger partial charge in [-0.25, -0.2) is 14.4 Å². The van der Waals surface area contributed by atoms with Gasteiger partial charge in [-0.1, -0.05) is 60.7 Å². The molecule has 2 aromatic carbocycles. The van der Waals surface area contributed by atoms with Crippen LogP contribution in [0.2, 0.25) is 0 Å². The predicted octanol–water partition coefficient (Wildman–Crippen LogP) is 1.93. The van der Waals surface area contributed by atoms with Crippen LogP contribution >= 0.6 is 12.6 Å². The molecular formula is C28H36N4O6S. The SMILES string of the molecule is O=C(N[C@@H](Cc1ccccc1)C(=O)N1CCNCC1)N(CCS)CCc1ccccc1.O=C(O)C=CC(=O)O. The fourth-order valence-electron chi connectivity index (χ4n) is 3.88. The molecule has 0 bridgehead atoms. The molecule has 0 aromatic heterocycles. The summed E-state index contributed by atoms with van der Waals surface area (Å²) in [4.78, 5) is 49.1. The molecule has 3 rings (SSSR count). The van der Waals surface area contributed by atoms with Crippen molar-refractivity contribution in [3.8, 4) is 0 Å². The number of carboxylic acids is 2. The summed E-state index contributed by atoms with van der Waals surface area (Å²) >= 11 is 4.33. The summed E-state index contributed by atoms with van der Waals surface area (Å²) in [5.74, 6) is -1.97. The molecular weight excluding hydrogens is 520 g/mol. The first-order valence-corrected chi connectivity index (χ1v) is 13.3. The van der Waals surface area contributed by atoms with Crippen LogP contribution < -0.4 is 10.6 Å². The van der Waals surface area contributed by atoms with E-state index in [2.05, 4.69) is 35.4 Å². The fraction of sp³-hybridized carbons (Fsp3) is 0.357. The van der Waals surface area contributed by atoms with Crippen molar-refractivity contribution in [3.63, 3.8) is 0 Å². The van der Waals surface area contributed by atoms with Crippen LogP contribution in [0.15, 0.2) is 72.8 Å². The van der Waals surface area contributed by atoms with Gasteiger partial charge in [0.1, 0.15) is 6.04 Å². The van der Waals surface area contributed by atoms with Gasteiger partial charge in [0.2, 0.25) is 5.91 Å². The van der Waals surface area contributed by atoms with E-state index >= 15 is 0 Å². The number of amides is 3. The van der Waals surface area contributed by atoms with Gasteiger partial charge in [0.15, 0.2) is 0 Å². The van der Waals surface area contributed by atoms with Gasteiger partial charge in [-0.05, 0) is 17.5 Å². The molecule has 0 aliphatic carbocycles. The number of hydrogen-bond acceptors (Lipinski definition) is 6. The van der Waals surface area contributed by atoms with Gasteiger partial charge in [-0.2, -0.15) is 12.6 Å². The molecule has 0 unspecified atom stereocenters. The van der Waals surface area contributed by atoms with E-state index in [1.807, 2.05) is 53.4 Å². The molecule has 39 heavy (non-hydrogen) atoms. The molecule has 10 nitrogen and oxygen atoms in total. The lowest BCUT2D eigenvalue weighted by atomic mass is 10.0. The molecule has 0 spiro atoms. The predicted molar refractivity (Wildman–Crippen MR) is 152 cm³/mol. The molecule has 0 radical (unpaired) electrons. The number of nitrogens with zero attached hydrogens (tertiary/aromatic N) is 2. The third-order valence-corrected chi connectivity index (χ3v) is 6.05. The summed E-state index contributed by atoms with van der Waals surface area (Å²) in [5, 5.41) is 21.9. The van der Waals surface area contributed by atoms with Crippen LogP contribution in [-0.2, 0) is 27.2 Å². The van der Waals surface area contributed by atoms with Crippen LogP contribution in [-0.4, -0.2) is 95.0 Å². The van der Waals surface area contributed by atoms with Gasteiger partial charge in [-0.15, -0.1) is 0 Å². The highest BCUT2D eigenvalue weighted by atomic mass is 32.1. The van der Waals surface area contributed by atoms with Gasteiger partial charge in [0, 0.05) is 63.6 Å². The summed E-state index contributed by atoms with van der Waals surface area (Å²) in [5.41, 5.74) is 2.21. The monoisotopic (exact) mass is 556 g/mol. The average molecular weight is 557 g/mol. The number of rotatable bonds is 11. The third kappa shape index (κ3) is 12.5. The maximum atomic E-state index is 13.2. The van der Waals surface area contributed by atoms with E-state index in [0.29, 0.717) is 50.5 Å². The number of carbonyl (C=O) groups excluding carboxylic acids is 2. The van der Waals surface area contributed by atoms with Crippen molar-refractivity contribution in [3.05, 3.63) is 83.9 Å². The normalized spacial score (nSPS) is 13.6. The quantitative estimate of drug-likeness (QED) is 0.211. The smallest absolute Gasteiger partial charge is 0.328 e. The Kier molecular flexibility index (Phi) is 14.2. The van der Waals surface area contributed by atoms with Crippen LogP contribution in [0.25, 0.3) is 0 Å². The maximum absolute atomic E-state index is 13.2. The standard InChI is InChI=1S/C24H32N4O2S.C4H4O4/c29-23(27-15-12-25-13-16-27)22(19-21-9-5-2-6-10-21)26-24(30)28(17-18-31)14-11-20-7-3-1-4-8-20;5-3(6)1-2-4(7)8/h1-10,22,25,31H,11-19H2,(H,26,30);1-2H,(H,5,6)(H,7,8)/t22-;/m0./s1. The Balaban J connectivity index is 0.000000580. The number of aliphatic carboxylic acids is 2. The van der Waals surface area contributed by atoms with Crippen LogP contribution in [0.5, 0.6) is 0 Å². The zero-order valence-electron chi connectivity index (χ0n) is 21.7. The molecule has 0 saturated carbocycles. The van der Waals surface area contributed by atoms with Gasteiger partial charge >= 0.3 is 18.0 Å². The van der Waals surface area contributed by atoms with Crippen molar-refractivity contribution in [2.75, 3.05) is 45.0 Å². The minimum absolute atomic E-state index is 0.0208. The number of piperazine rings is 1. The van der Waals surface area contributed by atoms with Gasteiger partial charge in [0.25, 0.3) is 0 Å². The summed E-state index contributed by atoms with van der Waals surface area (Å²) in [6.07, 6.45) is 2.35. The summed E-state index contributed by atoms with van der Waals surface area (Å²) < 4.78 is 0. The van der Waals surface area contributed by atoms with Crippen LogP contribution in [0.1, 0.15) is 11.1 Å². The van der Waals surface area contributed by atoms with Crippen LogP contribution in [0, 0.1) is 0 Å². The first-order valence-electron chi connectivity index (χ1n) is 12.7. The van der Waals surface area contributed by atoms with Crippen molar-refractivity contribution in [2.24, 2.45) is 0 Å². The fourth-order valence-corrected chi connectivity index (χ4v) is 4.12. The minimum Gasteiger partial charge on any atom is -0.478 e. The first-order chi connectivity index (χ1) is 18.8. The minimum atomic E-state index is -1.26. The van der Waals surface area contributed by atoms with Crippen molar-refractivity contribution >= 4 is 36.5 Å². The average Bonchev–Trinajstić information content (AvgIpc) is 2.95. The summed E-state index contributed by atoms with van der Waals surface area (Å²) in [6.45, 7) is 3.99. The van der Waals surface area contributed by atoms with Gasteiger partial charge < -0.3 is 30.6 Å². The Morgan fingerprint density at radius 2 is 1.44 bits per heavy atom. The van der Waals surface area contributed by atoms with Crippen molar-refractivity contribution in [1.29, 1.82) is 0 Å². The molecule has 1 fully saturated rings. The number of nitrogens with one attached hydrogen (secondary N) is 2. The number of hydrogen-bond donors (Lipinski definition) is 5. The lowest BCUT2D eigenvalue weighted by Gasteiger charge is -2.32. The zero-order valence-corrected chi connectivity index (χ0v) is 22.6. The second kappa shape index (κ2) is 17.6. The van der Waals surface area contributed by atoms with Crippen molar-refractivity contribution in [1.82, 2.24) is 20.4 Å². The molecule has 1 aliphatic rings. The number of thiol groups is 1. The van der Waals surface area contributed by atoms with E-state index in [0.717, 1.165) is 25.1 Å². The Bertz CT molecular complexity index is 1060. The van der Waals surface area contributed by atoms with E-state index < -0.39 is 18.0 Å². The van der Waals surface area contributed by atoms with Crippen molar-refractivity contribution < 1.29 is 29.4 Å². The van der Waals surface area contributed by atoms with E-state index in [1.54, 1.807) is 4.90 Å². The molecule has 2 aromatic rings. The zero-order chi connectivity index (χ0) is 28.5.